The highest BCUT2D eigenvalue weighted by atomic mass is 19.4. The van der Waals surface area contributed by atoms with Gasteiger partial charge in [-0.2, -0.15) is 26.3 Å². The van der Waals surface area contributed by atoms with Crippen LogP contribution in [0.1, 0.15) is 94.8 Å². The maximum Gasteiger partial charge on any atom is 0.491 e. The van der Waals surface area contributed by atoms with Gasteiger partial charge in [0.15, 0.2) is 0 Å². The Morgan fingerprint density at radius 1 is 0.772 bits per heavy atom. The number of halogens is 6. The summed E-state index contributed by atoms with van der Waals surface area (Å²) in [6.07, 6.45) is -7.59. The van der Waals surface area contributed by atoms with E-state index in [-0.39, 0.29) is 60.3 Å². The van der Waals surface area contributed by atoms with Crippen molar-refractivity contribution in [1.82, 2.24) is 20.9 Å². The third kappa shape index (κ3) is 10.6. The van der Waals surface area contributed by atoms with E-state index in [1.54, 1.807) is 6.92 Å². The SMILES string of the molecule is C[C@@H](CCCCNC(=O)CCCCC(=O)N1C[C@H](NC(=O)c2cc3c(c(C(F)(F)F)c2)COB3O)[C@@H](NC(=O)c2cc3c(c(C(F)(F)F)c2)COB3O)C1)C(=O)O. The third-order valence-corrected chi connectivity index (χ3v) is 10.2. The lowest BCUT2D eigenvalue weighted by Gasteiger charge is -2.22. The molecule has 4 amide bonds. The first-order valence-corrected chi connectivity index (χ1v) is 18.2. The number of alkyl halides is 6. The number of carbonyl (C=O) groups is 5. The van der Waals surface area contributed by atoms with Crippen LogP contribution in [0.5, 0.6) is 0 Å². The molecule has 3 heterocycles. The van der Waals surface area contributed by atoms with E-state index in [1.165, 1.54) is 4.90 Å². The van der Waals surface area contributed by atoms with Gasteiger partial charge < -0.3 is 45.3 Å². The molecule has 0 bridgehead atoms. The Balaban J connectivity index is 1.27. The van der Waals surface area contributed by atoms with Gasteiger partial charge >= 0.3 is 32.6 Å². The number of nitrogens with zero attached hydrogens (tertiary/aromatic N) is 1. The van der Waals surface area contributed by atoms with E-state index in [1.807, 2.05) is 0 Å². The van der Waals surface area contributed by atoms with E-state index in [0.29, 0.717) is 44.4 Å². The van der Waals surface area contributed by atoms with Crippen LogP contribution in [0.3, 0.4) is 0 Å². The molecule has 22 heteroatoms. The van der Waals surface area contributed by atoms with Crippen LogP contribution in [0.25, 0.3) is 0 Å². The highest BCUT2D eigenvalue weighted by molar-refractivity contribution is 6.62. The molecule has 3 aliphatic heterocycles. The Labute approximate surface area is 322 Å². The van der Waals surface area contributed by atoms with Crippen LogP contribution in [0, 0.1) is 5.92 Å². The maximum atomic E-state index is 13.9. The molecular formula is C35H40B2F6N4O10. The van der Waals surface area contributed by atoms with Crippen LogP contribution >= 0.6 is 0 Å². The van der Waals surface area contributed by atoms with Gasteiger partial charge in [-0.05, 0) is 72.0 Å². The minimum absolute atomic E-state index is 0.0724. The number of carboxylic acid groups (broad SMARTS) is 1. The fourth-order valence-corrected chi connectivity index (χ4v) is 6.96. The zero-order valence-corrected chi connectivity index (χ0v) is 30.6. The number of nitrogens with one attached hydrogen (secondary N) is 3. The Hall–Kier alpha value is -4.66. The lowest BCUT2D eigenvalue weighted by atomic mass is 9.77. The molecule has 1 fully saturated rings. The number of unbranched alkanes of at least 4 members (excludes halogenated alkanes) is 2. The fraction of sp³-hybridized carbons (Fsp3) is 0.514. The van der Waals surface area contributed by atoms with Crippen molar-refractivity contribution in [2.45, 2.75) is 89.5 Å². The summed E-state index contributed by atoms with van der Waals surface area (Å²) < 4.78 is 93.5. The van der Waals surface area contributed by atoms with Crippen molar-refractivity contribution in [2.24, 2.45) is 5.92 Å². The van der Waals surface area contributed by atoms with Crippen molar-refractivity contribution in [1.29, 1.82) is 0 Å². The summed E-state index contributed by atoms with van der Waals surface area (Å²) in [5, 5.41) is 36.9. The number of amides is 4. The lowest BCUT2D eigenvalue weighted by molar-refractivity contribution is -0.141. The molecule has 0 aliphatic carbocycles. The van der Waals surface area contributed by atoms with E-state index < -0.39 is 104 Å². The van der Waals surface area contributed by atoms with Crippen LogP contribution in [-0.2, 0) is 49.3 Å². The van der Waals surface area contributed by atoms with Gasteiger partial charge in [-0.15, -0.1) is 0 Å². The number of likely N-dealkylation sites (tertiary alicyclic amines) is 1. The first kappa shape index (κ1) is 43.5. The molecule has 0 saturated carbocycles. The molecule has 308 valence electrons. The van der Waals surface area contributed by atoms with Crippen molar-refractivity contribution < 1.29 is 74.8 Å². The van der Waals surface area contributed by atoms with Crippen LogP contribution in [0.2, 0.25) is 0 Å². The third-order valence-electron chi connectivity index (χ3n) is 10.2. The second-order valence-corrected chi connectivity index (χ2v) is 14.3. The second-order valence-electron chi connectivity index (χ2n) is 14.3. The Bertz CT molecular complexity index is 1780. The van der Waals surface area contributed by atoms with Crippen LogP contribution in [0.4, 0.5) is 26.3 Å². The summed E-state index contributed by atoms with van der Waals surface area (Å²) in [4.78, 5) is 64.7. The van der Waals surface area contributed by atoms with Crippen molar-refractivity contribution in [3.8, 4) is 0 Å². The van der Waals surface area contributed by atoms with Crippen molar-refractivity contribution in [3.63, 3.8) is 0 Å². The van der Waals surface area contributed by atoms with Gasteiger partial charge in [0.2, 0.25) is 11.8 Å². The summed E-state index contributed by atoms with van der Waals surface area (Å²) >= 11 is 0. The minimum Gasteiger partial charge on any atom is -0.481 e. The average molecular weight is 812 g/mol. The summed E-state index contributed by atoms with van der Waals surface area (Å²) in [6.45, 7) is 0.325. The number of aliphatic carboxylic acids is 1. The van der Waals surface area contributed by atoms with Gasteiger partial charge in [0, 0.05) is 43.6 Å². The molecule has 0 radical (unpaired) electrons. The molecular weight excluding hydrogens is 772 g/mol. The van der Waals surface area contributed by atoms with E-state index in [9.17, 15) is 60.4 Å². The number of carboxylic acids is 1. The number of hydrogen-bond donors (Lipinski definition) is 6. The van der Waals surface area contributed by atoms with Gasteiger partial charge in [-0.25, -0.2) is 0 Å². The standard InChI is InChI=1S/C35H40B2F6N4O10/c1-18(33(52)53)6-4-5-9-44-29(48)7-2-3-8-30(49)47-14-27(45-31(50)19-10-23(34(38,39)40)21-16-56-36(54)25(21)12-19)28(15-47)46-32(51)20-11-24(35(41,42)43)22-17-57-37(55)26(22)13-20/h10-13,18,27-28,54-55H,2-9,14-17H2,1H3,(H,44,48)(H,45,50)(H,46,51)(H,52,53)/t18-,27-,28-/m0/s1. The molecule has 1 saturated heterocycles. The minimum atomic E-state index is -4.92. The molecule has 57 heavy (non-hydrogen) atoms. The number of hydrogen-bond acceptors (Lipinski definition) is 9. The summed E-state index contributed by atoms with van der Waals surface area (Å²) in [5.74, 6) is -4.25. The molecule has 2 aromatic carbocycles. The number of fused-ring (bicyclic) bond motifs is 2. The van der Waals surface area contributed by atoms with Gasteiger partial charge in [0.1, 0.15) is 0 Å². The van der Waals surface area contributed by atoms with E-state index >= 15 is 0 Å². The number of rotatable bonds is 15. The van der Waals surface area contributed by atoms with E-state index in [0.717, 1.165) is 12.1 Å². The van der Waals surface area contributed by atoms with Crippen molar-refractivity contribution >= 4 is 54.8 Å². The summed E-state index contributed by atoms with van der Waals surface area (Å²) in [6, 6.07) is 0.875. The van der Waals surface area contributed by atoms with Crippen LogP contribution in [0.15, 0.2) is 24.3 Å². The molecule has 3 atom stereocenters. The average Bonchev–Trinajstić information content (AvgIpc) is 3.84. The zero-order chi connectivity index (χ0) is 41.8. The molecule has 0 unspecified atom stereocenters. The number of carbonyl (C=O) groups excluding carboxylic acids is 4. The number of benzene rings is 2. The zero-order valence-electron chi connectivity index (χ0n) is 30.6. The Morgan fingerprint density at radius 3 is 1.70 bits per heavy atom. The van der Waals surface area contributed by atoms with E-state index in [2.05, 4.69) is 16.0 Å². The summed E-state index contributed by atoms with van der Waals surface area (Å²) in [7, 11) is -3.47. The molecule has 6 N–H and O–H groups in total. The van der Waals surface area contributed by atoms with Crippen LogP contribution in [-0.4, -0.2) is 95.6 Å². The fourth-order valence-electron chi connectivity index (χ4n) is 6.96. The molecule has 2 aromatic rings. The topological polar surface area (TPSA) is 204 Å². The Kier molecular flexibility index (Phi) is 13.6. The lowest BCUT2D eigenvalue weighted by Crippen LogP contribution is -2.51. The first-order valence-electron chi connectivity index (χ1n) is 18.2. The van der Waals surface area contributed by atoms with Crippen LogP contribution < -0.4 is 26.9 Å². The molecule has 0 spiro atoms. The maximum absolute atomic E-state index is 13.9. The highest BCUT2D eigenvalue weighted by Gasteiger charge is 2.43. The van der Waals surface area contributed by atoms with Crippen molar-refractivity contribution in [2.75, 3.05) is 19.6 Å². The first-order chi connectivity index (χ1) is 26.7. The van der Waals surface area contributed by atoms with Gasteiger partial charge in [-0.3, -0.25) is 24.0 Å². The summed E-state index contributed by atoms with van der Waals surface area (Å²) in [5.41, 5.74) is -4.70. The predicted octanol–water partition coefficient (Wildman–Crippen LogP) is 1.47. The smallest absolute Gasteiger partial charge is 0.481 e. The quantitative estimate of drug-likeness (QED) is 0.0869. The molecule has 3 aliphatic rings. The molecule has 14 nitrogen and oxygen atoms in total. The second kappa shape index (κ2) is 17.9. The predicted molar refractivity (Wildman–Crippen MR) is 189 cm³/mol. The highest BCUT2D eigenvalue weighted by Crippen LogP contribution is 2.35. The normalized spacial score (nSPS) is 18.3. The van der Waals surface area contributed by atoms with Gasteiger partial charge in [-0.1, -0.05) is 13.3 Å². The van der Waals surface area contributed by atoms with Gasteiger partial charge in [0.25, 0.3) is 11.8 Å². The molecule has 5 rings (SSSR count). The monoisotopic (exact) mass is 812 g/mol. The Morgan fingerprint density at radius 2 is 1.25 bits per heavy atom. The van der Waals surface area contributed by atoms with Crippen molar-refractivity contribution in [3.05, 3.63) is 57.6 Å². The van der Waals surface area contributed by atoms with Gasteiger partial charge in [0.05, 0.1) is 42.3 Å². The molecule has 0 aromatic heterocycles. The van der Waals surface area contributed by atoms with E-state index in [4.69, 9.17) is 14.4 Å². The largest absolute Gasteiger partial charge is 0.491 e.